The molecule has 0 unspecified atom stereocenters. The minimum Gasteiger partial charge on any atom is -0.486 e. The standard InChI is InChI=1S/C31H20N3O.C15H18NSi.Ir/c1-20-14-19-25-24-10-7-11-26(29(24)35-31(25)32-20)30-33-27-12-5-6-13-28(27)34(30)23-17-15-22(16-18-23)21-8-3-2-4-9-21;1-12-5-7-13(8-6-12)15-10-9-14(11-16-15)17(2,3)4;/h2-10,12-19H,1H3;5-7,9-11H,1-4H3;/q2*-1;/i;1D3;. The molecular weight excluding hydrogens is 845 g/mol. The van der Waals surface area contributed by atoms with Crippen LogP contribution in [0.4, 0.5) is 0 Å². The smallest absolute Gasteiger partial charge is 0.216 e. The Hall–Kier alpha value is -5.46. The average molecular weight is 886 g/mol. The molecule has 4 aromatic heterocycles. The van der Waals surface area contributed by atoms with Crippen LogP contribution >= 0.6 is 0 Å². The Labute approximate surface area is 329 Å². The minimum absolute atomic E-state index is 0. The molecule has 0 spiro atoms. The summed E-state index contributed by atoms with van der Waals surface area (Å²) in [5.74, 6) is 0.792. The third-order valence-corrected chi connectivity index (χ3v) is 11.2. The van der Waals surface area contributed by atoms with E-state index in [2.05, 4.69) is 113 Å². The van der Waals surface area contributed by atoms with Gasteiger partial charge in [-0.05, 0) is 65.3 Å². The largest absolute Gasteiger partial charge is 0.486 e. The number of fused-ring (bicyclic) bond motifs is 4. The van der Waals surface area contributed by atoms with Crippen LogP contribution < -0.4 is 5.19 Å². The van der Waals surface area contributed by atoms with Gasteiger partial charge in [-0.15, -0.1) is 53.6 Å². The Morgan fingerprint density at radius 1 is 0.736 bits per heavy atom. The molecule has 0 fully saturated rings. The molecule has 5 nitrogen and oxygen atoms in total. The average Bonchev–Trinajstić information content (AvgIpc) is 3.76. The van der Waals surface area contributed by atoms with Crippen molar-refractivity contribution in [2.75, 3.05) is 0 Å². The second kappa shape index (κ2) is 14.9. The molecule has 4 heterocycles. The van der Waals surface area contributed by atoms with E-state index in [1.807, 2.05) is 61.7 Å². The zero-order valence-corrected chi connectivity index (χ0v) is 33.2. The number of aryl methyl sites for hydroxylation is 2. The van der Waals surface area contributed by atoms with Crippen molar-refractivity contribution in [3.05, 3.63) is 163 Å². The van der Waals surface area contributed by atoms with Gasteiger partial charge in [0.25, 0.3) is 0 Å². The summed E-state index contributed by atoms with van der Waals surface area (Å²) < 4.78 is 30.5. The molecule has 53 heavy (non-hydrogen) atoms. The first-order chi connectivity index (χ1) is 26.4. The number of hydrogen-bond donors (Lipinski definition) is 0. The van der Waals surface area contributed by atoms with Crippen molar-refractivity contribution in [1.29, 1.82) is 0 Å². The normalized spacial score (nSPS) is 12.4. The molecule has 263 valence electrons. The SMILES string of the molecule is Cc1ccc2c(n1)oc1c(-c3nc4ccccc4n3-c3ccc(-c4ccccc4)cc3)[c-]ccc12.[2H]C([2H])([2H])c1c[c-]c(-c2ccc([Si](C)(C)C)cn2)cc1.[Ir]. The van der Waals surface area contributed by atoms with Crippen molar-refractivity contribution in [3.63, 3.8) is 0 Å². The van der Waals surface area contributed by atoms with E-state index in [9.17, 15) is 0 Å². The molecule has 0 saturated heterocycles. The maximum Gasteiger partial charge on any atom is 0.216 e. The summed E-state index contributed by atoms with van der Waals surface area (Å²) in [6.45, 7) is 6.73. The quantitative estimate of drug-likeness (QED) is 0.128. The Balaban J connectivity index is 0.000000197. The van der Waals surface area contributed by atoms with Gasteiger partial charge in [0.05, 0.1) is 30.5 Å². The zero-order valence-electron chi connectivity index (χ0n) is 32.8. The molecule has 9 rings (SSSR count). The van der Waals surface area contributed by atoms with Gasteiger partial charge in [-0.3, -0.25) is 4.98 Å². The van der Waals surface area contributed by atoms with Gasteiger partial charge in [0.1, 0.15) is 0 Å². The van der Waals surface area contributed by atoms with E-state index in [1.165, 1.54) is 22.4 Å². The second-order valence-corrected chi connectivity index (χ2v) is 18.9. The van der Waals surface area contributed by atoms with Crippen LogP contribution in [0.2, 0.25) is 19.6 Å². The third-order valence-electron chi connectivity index (χ3n) is 9.17. The number of aromatic nitrogens is 4. The summed E-state index contributed by atoms with van der Waals surface area (Å²) in [6, 6.07) is 50.7. The van der Waals surface area contributed by atoms with Crippen molar-refractivity contribution < 1.29 is 28.6 Å². The van der Waals surface area contributed by atoms with Gasteiger partial charge in [-0.2, -0.15) is 0 Å². The van der Waals surface area contributed by atoms with Gasteiger partial charge in [-0.1, -0.05) is 104 Å². The van der Waals surface area contributed by atoms with Gasteiger partial charge < -0.3 is 14.0 Å². The summed E-state index contributed by atoms with van der Waals surface area (Å²) >= 11 is 0. The van der Waals surface area contributed by atoms with Crippen LogP contribution in [0.15, 0.2) is 144 Å². The zero-order chi connectivity index (χ0) is 38.3. The van der Waals surface area contributed by atoms with E-state index in [4.69, 9.17) is 13.5 Å². The van der Waals surface area contributed by atoms with Crippen molar-refractivity contribution in [3.8, 4) is 39.5 Å². The van der Waals surface area contributed by atoms with E-state index >= 15 is 0 Å². The van der Waals surface area contributed by atoms with E-state index in [0.29, 0.717) is 11.3 Å². The van der Waals surface area contributed by atoms with Crippen LogP contribution in [-0.4, -0.2) is 27.6 Å². The van der Waals surface area contributed by atoms with Crippen LogP contribution in [0.5, 0.6) is 0 Å². The summed E-state index contributed by atoms with van der Waals surface area (Å²) in [6.07, 6.45) is 1.92. The monoisotopic (exact) mass is 886 g/mol. The van der Waals surface area contributed by atoms with Crippen molar-refractivity contribution in [2.24, 2.45) is 0 Å². The maximum absolute atomic E-state index is 7.35. The summed E-state index contributed by atoms with van der Waals surface area (Å²) in [5, 5.41) is 3.32. The molecule has 0 saturated carbocycles. The molecule has 0 aliphatic heterocycles. The van der Waals surface area contributed by atoms with Crippen LogP contribution in [0.1, 0.15) is 15.4 Å². The molecule has 5 aromatic carbocycles. The fourth-order valence-corrected chi connectivity index (χ4v) is 7.39. The number of para-hydroxylation sites is 2. The third kappa shape index (κ3) is 7.29. The van der Waals surface area contributed by atoms with E-state index in [1.54, 1.807) is 12.1 Å². The van der Waals surface area contributed by atoms with Crippen LogP contribution in [0.3, 0.4) is 0 Å². The van der Waals surface area contributed by atoms with Gasteiger partial charge >= 0.3 is 0 Å². The van der Waals surface area contributed by atoms with Gasteiger partial charge in [0.15, 0.2) is 0 Å². The summed E-state index contributed by atoms with van der Waals surface area (Å²) in [7, 11) is -1.34. The van der Waals surface area contributed by atoms with E-state index in [0.717, 1.165) is 61.4 Å². The first-order valence-corrected chi connectivity index (χ1v) is 20.8. The van der Waals surface area contributed by atoms with Crippen molar-refractivity contribution in [2.45, 2.75) is 33.4 Å². The molecule has 0 aliphatic rings. The Morgan fingerprint density at radius 3 is 2.23 bits per heavy atom. The number of imidazole rings is 1. The molecule has 0 bridgehead atoms. The molecule has 9 aromatic rings. The Morgan fingerprint density at radius 2 is 1.51 bits per heavy atom. The predicted molar refractivity (Wildman–Crippen MR) is 217 cm³/mol. The molecular formula is C46H38IrN4OSi-2. The van der Waals surface area contributed by atoms with Gasteiger partial charge in [-0.25, -0.2) is 4.98 Å². The summed E-state index contributed by atoms with van der Waals surface area (Å²) in [4.78, 5) is 14.1. The fraction of sp³-hybridized carbons (Fsp3) is 0.109. The van der Waals surface area contributed by atoms with E-state index < -0.39 is 14.9 Å². The molecule has 0 atom stereocenters. The number of rotatable bonds is 5. The molecule has 7 heteroatoms. The first-order valence-electron chi connectivity index (χ1n) is 18.8. The molecule has 0 amide bonds. The Kier molecular flexibility index (Phi) is 9.04. The van der Waals surface area contributed by atoms with Crippen LogP contribution in [0, 0.1) is 25.9 Å². The molecule has 1 radical (unpaired) electrons. The van der Waals surface area contributed by atoms with Gasteiger partial charge in [0, 0.05) is 47.2 Å². The van der Waals surface area contributed by atoms with Crippen molar-refractivity contribution in [1.82, 2.24) is 19.5 Å². The second-order valence-electron chi connectivity index (χ2n) is 13.8. The minimum atomic E-state index is -2.08. The fourth-order valence-electron chi connectivity index (χ4n) is 6.35. The Bertz CT molecular complexity index is 2720. The molecule has 0 N–H and O–H groups in total. The first kappa shape index (κ1) is 32.2. The summed E-state index contributed by atoms with van der Waals surface area (Å²) in [5.41, 5.74) is 10.4. The van der Waals surface area contributed by atoms with Crippen LogP contribution in [0.25, 0.3) is 72.6 Å². The topological polar surface area (TPSA) is 56.7 Å². The molecule has 0 aliphatic carbocycles. The number of furan rings is 1. The van der Waals surface area contributed by atoms with Crippen molar-refractivity contribution >= 4 is 46.4 Å². The number of nitrogens with zero attached hydrogens (tertiary/aromatic N) is 4. The predicted octanol–water partition coefficient (Wildman–Crippen LogP) is 11.2. The number of hydrogen-bond acceptors (Lipinski definition) is 4. The number of benzene rings is 5. The van der Waals surface area contributed by atoms with Crippen LogP contribution in [-0.2, 0) is 20.1 Å². The van der Waals surface area contributed by atoms with E-state index in [-0.39, 0.29) is 20.1 Å². The van der Waals surface area contributed by atoms with Gasteiger partial charge in [0.2, 0.25) is 5.71 Å². The number of pyridine rings is 2. The maximum atomic E-state index is 7.35.